The van der Waals surface area contributed by atoms with Gasteiger partial charge in [-0.25, -0.2) is 0 Å². The van der Waals surface area contributed by atoms with Crippen LogP contribution in [0.25, 0.3) is 0 Å². The van der Waals surface area contributed by atoms with Gasteiger partial charge in [0.1, 0.15) is 0 Å². The molecule has 0 saturated heterocycles. The van der Waals surface area contributed by atoms with Crippen LogP contribution in [-0.2, 0) is 0 Å². The number of rotatable bonds is 3. The highest BCUT2D eigenvalue weighted by Gasteiger charge is 1.99. The molecular weight excluding hydrogens is 158 g/mol. The quantitative estimate of drug-likeness (QED) is 0.625. The third-order valence-corrected chi connectivity index (χ3v) is 1.86. The monoisotopic (exact) mass is 175 g/mol. The van der Waals surface area contributed by atoms with Gasteiger partial charge in [0, 0.05) is 11.8 Å². The lowest BCUT2D eigenvalue weighted by Gasteiger charge is -2.05. The summed E-state index contributed by atoms with van der Waals surface area (Å²) in [5, 5.41) is 0. The van der Waals surface area contributed by atoms with Crippen LogP contribution in [0.5, 0.6) is 0 Å². The Hall–Kier alpha value is -1.11. The van der Waals surface area contributed by atoms with Crippen molar-refractivity contribution in [2.75, 3.05) is 0 Å². The van der Waals surface area contributed by atoms with Crippen molar-refractivity contribution in [1.82, 2.24) is 0 Å². The highest BCUT2D eigenvalue weighted by Crippen LogP contribution is 2.05. The average molecular weight is 175 g/mol. The lowest BCUT2D eigenvalue weighted by molar-refractivity contribution is 0.831. The Kier molecular flexibility index (Phi) is 3.69. The Bertz CT molecular complexity index is 272. The fourth-order valence-electron chi connectivity index (χ4n) is 1.31. The zero-order chi connectivity index (χ0) is 9.68. The van der Waals surface area contributed by atoms with Crippen molar-refractivity contribution in [1.29, 1.82) is 0 Å². The Labute approximate surface area is 80.5 Å². The van der Waals surface area contributed by atoms with E-state index in [1.54, 1.807) is 0 Å². The molecule has 1 aromatic rings. The van der Waals surface area contributed by atoms with E-state index >= 15 is 0 Å². The van der Waals surface area contributed by atoms with E-state index in [9.17, 15) is 0 Å². The predicted octanol–water partition coefficient (Wildman–Crippen LogP) is 3.29. The summed E-state index contributed by atoms with van der Waals surface area (Å²) in [7, 11) is 0. The molecule has 1 nitrogen and oxygen atoms in total. The van der Waals surface area contributed by atoms with Crippen molar-refractivity contribution in [2.24, 2.45) is 4.99 Å². The lowest BCUT2D eigenvalue weighted by Crippen LogP contribution is -2.03. The molecule has 0 aliphatic rings. The summed E-state index contributed by atoms with van der Waals surface area (Å²) >= 11 is 0. The van der Waals surface area contributed by atoms with Crippen molar-refractivity contribution < 1.29 is 0 Å². The SMILES string of the molecule is CCC(=NC(C)C)c1ccccc1. The highest BCUT2D eigenvalue weighted by atomic mass is 14.8. The fraction of sp³-hybridized carbons (Fsp3) is 0.417. The van der Waals surface area contributed by atoms with Crippen LogP contribution in [0.4, 0.5) is 0 Å². The van der Waals surface area contributed by atoms with Gasteiger partial charge in [-0.05, 0) is 25.8 Å². The van der Waals surface area contributed by atoms with Crippen LogP contribution in [0.1, 0.15) is 32.8 Å². The highest BCUT2D eigenvalue weighted by molar-refractivity contribution is 6.00. The molecule has 0 amide bonds. The fourth-order valence-corrected chi connectivity index (χ4v) is 1.31. The Morgan fingerprint density at radius 1 is 1.23 bits per heavy atom. The van der Waals surface area contributed by atoms with Crippen molar-refractivity contribution in [3.05, 3.63) is 35.9 Å². The lowest BCUT2D eigenvalue weighted by atomic mass is 10.1. The molecule has 13 heavy (non-hydrogen) atoms. The standard InChI is InChI=1S/C12H17N/c1-4-12(13-10(2)3)11-8-6-5-7-9-11/h5-10H,4H2,1-3H3. The van der Waals surface area contributed by atoms with E-state index in [1.807, 2.05) is 6.07 Å². The van der Waals surface area contributed by atoms with Crippen LogP contribution >= 0.6 is 0 Å². The van der Waals surface area contributed by atoms with Crippen LogP contribution in [0, 0.1) is 0 Å². The maximum atomic E-state index is 4.58. The molecule has 0 aromatic heterocycles. The molecular formula is C12H17N. The molecule has 70 valence electrons. The third kappa shape index (κ3) is 3.02. The summed E-state index contributed by atoms with van der Waals surface area (Å²) in [6.45, 7) is 6.37. The topological polar surface area (TPSA) is 12.4 Å². The minimum absolute atomic E-state index is 0.384. The van der Waals surface area contributed by atoms with Crippen molar-refractivity contribution in [2.45, 2.75) is 33.2 Å². The largest absolute Gasteiger partial charge is 0.286 e. The van der Waals surface area contributed by atoms with E-state index in [-0.39, 0.29) is 0 Å². The predicted molar refractivity (Wildman–Crippen MR) is 58.4 cm³/mol. The Morgan fingerprint density at radius 2 is 1.85 bits per heavy atom. The number of hydrogen-bond donors (Lipinski definition) is 0. The van der Waals surface area contributed by atoms with Crippen molar-refractivity contribution in [3.63, 3.8) is 0 Å². The number of nitrogens with zero attached hydrogens (tertiary/aromatic N) is 1. The normalized spacial score (nSPS) is 12.2. The average Bonchev–Trinajstić information content (AvgIpc) is 2.15. The van der Waals surface area contributed by atoms with Gasteiger partial charge in [0.25, 0.3) is 0 Å². The second kappa shape index (κ2) is 4.80. The van der Waals surface area contributed by atoms with Gasteiger partial charge in [-0.15, -0.1) is 0 Å². The maximum absolute atomic E-state index is 4.58. The van der Waals surface area contributed by atoms with E-state index in [2.05, 4.69) is 50.0 Å². The van der Waals surface area contributed by atoms with Crippen LogP contribution in [0.2, 0.25) is 0 Å². The number of hydrogen-bond acceptors (Lipinski definition) is 1. The summed E-state index contributed by atoms with van der Waals surface area (Å²) in [6, 6.07) is 10.8. The van der Waals surface area contributed by atoms with E-state index in [4.69, 9.17) is 0 Å². The molecule has 0 saturated carbocycles. The Balaban J connectivity index is 2.91. The molecule has 0 N–H and O–H groups in total. The zero-order valence-electron chi connectivity index (χ0n) is 8.62. The molecule has 0 spiro atoms. The molecule has 0 unspecified atom stereocenters. The molecule has 0 atom stereocenters. The summed E-state index contributed by atoms with van der Waals surface area (Å²) < 4.78 is 0. The zero-order valence-corrected chi connectivity index (χ0v) is 8.62. The Morgan fingerprint density at radius 3 is 2.31 bits per heavy atom. The first kappa shape index (κ1) is 9.97. The van der Waals surface area contributed by atoms with E-state index in [0.29, 0.717) is 6.04 Å². The molecule has 0 heterocycles. The first-order valence-electron chi connectivity index (χ1n) is 4.86. The molecule has 1 heteroatoms. The minimum atomic E-state index is 0.384. The van der Waals surface area contributed by atoms with Crippen molar-refractivity contribution in [3.8, 4) is 0 Å². The van der Waals surface area contributed by atoms with Gasteiger partial charge in [-0.2, -0.15) is 0 Å². The number of benzene rings is 1. The molecule has 0 aliphatic carbocycles. The second-order valence-electron chi connectivity index (χ2n) is 3.39. The van der Waals surface area contributed by atoms with Crippen LogP contribution in [0.15, 0.2) is 35.3 Å². The third-order valence-electron chi connectivity index (χ3n) is 1.86. The van der Waals surface area contributed by atoms with Crippen LogP contribution in [-0.4, -0.2) is 11.8 Å². The van der Waals surface area contributed by atoms with Gasteiger partial charge in [0.2, 0.25) is 0 Å². The van der Waals surface area contributed by atoms with E-state index < -0.39 is 0 Å². The summed E-state index contributed by atoms with van der Waals surface area (Å²) in [4.78, 5) is 4.58. The number of aliphatic imine (C=N–C) groups is 1. The second-order valence-corrected chi connectivity index (χ2v) is 3.39. The van der Waals surface area contributed by atoms with Crippen LogP contribution in [0.3, 0.4) is 0 Å². The first-order valence-corrected chi connectivity index (χ1v) is 4.86. The minimum Gasteiger partial charge on any atom is -0.286 e. The molecule has 0 bridgehead atoms. The molecule has 0 aliphatic heterocycles. The van der Waals surface area contributed by atoms with Gasteiger partial charge in [0.15, 0.2) is 0 Å². The summed E-state index contributed by atoms with van der Waals surface area (Å²) in [5.74, 6) is 0. The smallest absolute Gasteiger partial charge is 0.0446 e. The maximum Gasteiger partial charge on any atom is 0.0446 e. The van der Waals surface area contributed by atoms with E-state index in [0.717, 1.165) is 6.42 Å². The van der Waals surface area contributed by atoms with Gasteiger partial charge < -0.3 is 0 Å². The van der Waals surface area contributed by atoms with Crippen LogP contribution < -0.4 is 0 Å². The van der Waals surface area contributed by atoms with Gasteiger partial charge in [-0.3, -0.25) is 4.99 Å². The summed E-state index contributed by atoms with van der Waals surface area (Å²) in [6.07, 6.45) is 1.00. The van der Waals surface area contributed by atoms with Gasteiger partial charge in [0.05, 0.1) is 0 Å². The molecule has 1 aromatic carbocycles. The molecule has 0 radical (unpaired) electrons. The van der Waals surface area contributed by atoms with Gasteiger partial charge in [-0.1, -0.05) is 37.3 Å². The van der Waals surface area contributed by atoms with E-state index in [1.165, 1.54) is 11.3 Å². The first-order chi connectivity index (χ1) is 6.24. The van der Waals surface area contributed by atoms with Crippen molar-refractivity contribution >= 4 is 5.71 Å². The summed E-state index contributed by atoms with van der Waals surface area (Å²) in [5.41, 5.74) is 2.45. The molecule has 0 fully saturated rings. The molecule has 1 rings (SSSR count). The van der Waals surface area contributed by atoms with Gasteiger partial charge >= 0.3 is 0 Å².